The molecule has 0 radical (unpaired) electrons. The Balaban J connectivity index is 1.22. The predicted molar refractivity (Wildman–Crippen MR) is 127 cm³/mol. The van der Waals surface area contributed by atoms with E-state index in [1.54, 1.807) is 24.3 Å². The van der Waals surface area contributed by atoms with E-state index in [0.717, 1.165) is 11.1 Å². The lowest BCUT2D eigenvalue weighted by Gasteiger charge is -2.02. The molecule has 0 aliphatic rings. The van der Waals surface area contributed by atoms with Crippen molar-refractivity contribution in [3.05, 3.63) is 92.0 Å². The SMILES string of the molecule is O=[N+]([O-])c1cccc2oc(SCc3ccc(CSc4nc5c([N+](=O)[O-])cccc5o4)cc3)nc12. The number of oxazole rings is 2. The van der Waals surface area contributed by atoms with E-state index >= 15 is 0 Å². The Morgan fingerprint density at radius 1 is 0.676 bits per heavy atom. The van der Waals surface area contributed by atoms with E-state index in [1.165, 1.54) is 35.7 Å². The largest absolute Gasteiger partial charge is 0.431 e. The zero-order chi connectivity index (χ0) is 23.7. The Morgan fingerprint density at radius 3 is 1.47 bits per heavy atom. The maximum absolute atomic E-state index is 11.1. The summed E-state index contributed by atoms with van der Waals surface area (Å²) in [6.07, 6.45) is 0. The number of nitrogens with zero attached hydrogens (tertiary/aromatic N) is 4. The molecule has 0 saturated carbocycles. The Kier molecular flexibility index (Phi) is 5.90. The number of nitro groups is 2. The van der Waals surface area contributed by atoms with Gasteiger partial charge in [0.15, 0.2) is 22.2 Å². The number of thioether (sulfide) groups is 2. The lowest BCUT2D eigenvalue weighted by atomic mass is 10.2. The zero-order valence-corrected chi connectivity index (χ0v) is 18.9. The molecule has 2 heterocycles. The molecule has 170 valence electrons. The minimum Gasteiger partial charge on any atom is -0.431 e. The molecule has 0 bridgehead atoms. The van der Waals surface area contributed by atoms with Crippen molar-refractivity contribution in [2.45, 2.75) is 22.0 Å². The summed E-state index contributed by atoms with van der Waals surface area (Å²) in [6, 6.07) is 17.2. The molecule has 0 saturated heterocycles. The molecule has 0 unspecified atom stereocenters. The van der Waals surface area contributed by atoms with Crippen LogP contribution in [0, 0.1) is 20.2 Å². The number of fused-ring (bicyclic) bond motifs is 2. The average Bonchev–Trinajstić information content (AvgIpc) is 3.45. The van der Waals surface area contributed by atoms with E-state index in [0.29, 0.717) is 33.1 Å². The van der Waals surface area contributed by atoms with E-state index in [2.05, 4.69) is 9.97 Å². The molecule has 0 amide bonds. The van der Waals surface area contributed by atoms with Gasteiger partial charge in [0.25, 0.3) is 21.8 Å². The number of hydrogen-bond acceptors (Lipinski definition) is 10. The topological polar surface area (TPSA) is 138 Å². The number of benzene rings is 3. The summed E-state index contributed by atoms with van der Waals surface area (Å²) in [4.78, 5) is 29.9. The molecule has 0 spiro atoms. The first kappa shape index (κ1) is 21.9. The number of rotatable bonds is 8. The summed E-state index contributed by atoms with van der Waals surface area (Å²) in [7, 11) is 0. The van der Waals surface area contributed by atoms with Crippen LogP contribution in [0.5, 0.6) is 0 Å². The fraction of sp³-hybridized carbons (Fsp3) is 0.0909. The van der Waals surface area contributed by atoms with Gasteiger partial charge < -0.3 is 8.83 Å². The van der Waals surface area contributed by atoms with Gasteiger partial charge in [-0.15, -0.1) is 0 Å². The van der Waals surface area contributed by atoms with Gasteiger partial charge in [0.1, 0.15) is 0 Å². The Bertz CT molecular complexity index is 1420. The van der Waals surface area contributed by atoms with Gasteiger partial charge in [-0.2, -0.15) is 9.97 Å². The van der Waals surface area contributed by atoms with Gasteiger partial charge in [-0.25, -0.2) is 0 Å². The summed E-state index contributed by atoms with van der Waals surface area (Å²) < 4.78 is 11.2. The van der Waals surface area contributed by atoms with Crippen molar-refractivity contribution in [2.24, 2.45) is 0 Å². The fourth-order valence-electron chi connectivity index (χ4n) is 3.27. The van der Waals surface area contributed by atoms with E-state index in [4.69, 9.17) is 8.83 Å². The van der Waals surface area contributed by atoms with E-state index in [1.807, 2.05) is 24.3 Å². The van der Waals surface area contributed by atoms with Crippen molar-refractivity contribution >= 4 is 57.1 Å². The second-order valence-electron chi connectivity index (χ2n) is 7.12. The van der Waals surface area contributed by atoms with Gasteiger partial charge in [0, 0.05) is 23.6 Å². The molecular weight excluding hydrogens is 480 g/mol. The second kappa shape index (κ2) is 9.15. The first-order valence-corrected chi connectivity index (χ1v) is 11.9. The van der Waals surface area contributed by atoms with Gasteiger partial charge in [-0.3, -0.25) is 20.2 Å². The van der Waals surface area contributed by atoms with Crippen LogP contribution in [0.4, 0.5) is 11.4 Å². The minimum absolute atomic E-state index is 0.0801. The number of nitro benzene ring substituents is 2. The summed E-state index contributed by atoms with van der Waals surface area (Å²) in [5.41, 5.74) is 3.16. The summed E-state index contributed by atoms with van der Waals surface area (Å²) in [6.45, 7) is 0. The normalized spacial score (nSPS) is 11.3. The van der Waals surface area contributed by atoms with Gasteiger partial charge in [0.2, 0.25) is 0 Å². The monoisotopic (exact) mass is 494 g/mol. The smallest absolute Gasteiger partial charge is 0.298 e. The maximum Gasteiger partial charge on any atom is 0.298 e. The van der Waals surface area contributed by atoms with E-state index in [-0.39, 0.29) is 22.4 Å². The molecule has 0 aliphatic heterocycles. The van der Waals surface area contributed by atoms with Gasteiger partial charge >= 0.3 is 0 Å². The molecule has 34 heavy (non-hydrogen) atoms. The third-order valence-electron chi connectivity index (χ3n) is 4.90. The highest BCUT2D eigenvalue weighted by molar-refractivity contribution is 7.98. The van der Waals surface area contributed by atoms with E-state index in [9.17, 15) is 20.2 Å². The van der Waals surface area contributed by atoms with Crippen molar-refractivity contribution in [1.82, 2.24) is 9.97 Å². The lowest BCUT2D eigenvalue weighted by Crippen LogP contribution is -1.88. The van der Waals surface area contributed by atoms with Crippen LogP contribution in [0.25, 0.3) is 22.2 Å². The Hall–Kier alpha value is -3.90. The first-order chi connectivity index (χ1) is 16.5. The second-order valence-corrected chi connectivity index (χ2v) is 8.97. The number of hydrogen-bond donors (Lipinski definition) is 0. The molecule has 0 aliphatic carbocycles. The lowest BCUT2D eigenvalue weighted by molar-refractivity contribution is -0.383. The molecule has 3 aromatic carbocycles. The minimum atomic E-state index is -0.474. The molecular formula is C22H14N4O6S2. The molecule has 0 fully saturated rings. The Morgan fingerprint density at radius 2 is 1.09 bits per heavy atom. The third kappa shape index (κ3) is 4.45. The molecule has 5 aromatic rings. The molecule has 10 nitrogen and oxygen atoms in total. The van der Waals surface area contributed by atoms with Crippen LogP contribution in [-0.2, 0) is 11.5 Å². The zero-order valence-electron chi connectivity index (χ0n) is 17.2. The summed E-state index contributed by atoms with van der Waals surface area (Å²) in [5, 5.41) is 23.0. The van der Waals surface area contributed by atoms with Crippen molar-refractivity contribution in [3.63, 3.8) is 0 Å². The quantitative estimate of drug-likeness (QED) is 0.136. The summed E-state index contributed by atoms with van der Waals surface area (Å²) >= 11 is 2.71. The fourth-order valence-corrected chi connectivity index (χ4v) is 4.84. The predicted octanol–water partition coefficient (Wildman–Crippen LogP) is 6.37. The molecule has 2 aromatic heterocycles. The van der Waals surface area contributed by atoms with Gasteiger partial charge in [-0.1, -0.05) is 59.9 Å². The number of non-ortho nitro benzene ring substituents is 2. The highest BCUT2D eigenvalue weighted by Gasteiger charge is 2.19. The third-order valence-corrected chi connectivity index (χ3v) is 6.70. The molecule has 12 heteroatoms. The highest BCUT2D eigenvalue weighted by Crippen LogP contribution is 2.32. The van der Waals surface area contributed by atoms with Crippen molar-refractivity contribution in [3.8, 4) is 0 Å². The Labute approximate surface area is 199 Å². The van der Waals surface area contributed by atoms with Crippen LogP contribution in [0.1, 0.15) is 11.1 Å². The van der Waals surface area contributed by atoms with Crippen LogP contribution >= 0.6 is 23.5 Å². The average molecular weight is 495 g/mol. The van der Waals surface area contributed by atoms with Crippen LogP contribution in [0.15, 0.2) is 79.9 Å². The summed E-state index contributed by atoms with van der Waals surface area (Å²) in [5.74, 6) is 1.17. The first-order valence-electron chi connectivity index (χ1n) is 9.89. The number of aromatic nitrogens is 2. The van der Waals surface area contributed by atoms with Gasteiger partial charge in [-0.05, 0) is 23.3 Å². The van der Waals surface area contributed by atoms with Crippen molar-refractivity contribution < 1.29 is 18.7 Å². The van der Waals surface area contributed by atoms with Crippen molar-refractivity contribution in [1.29, 1.82) is 0 Å². The standard InChI is InChI=1S/C22H14N4O6S2/c27-25(28)15-3-1-5-17-19(15)23-21(31-17)33-11-13-7-9-14(10-8-13)12-34-22-24-20-16(26(29)30)4-2-6-18(20)32-22/h1-10H,11-12H2. The molecule has 0 N–H and O–H groups in total. The van der Waals surface area contributed by atoms with E-state index < -0.39 is 9.85 Å². The van der Waals surface area contributed by atoms with Crippen molar-refractivity contribution in [2.75, 3.05) is 0 Å². The highest BCUT2D eigenvalue weighted by atomic mass is 32.2. The van der Waals surface area contributed by atoms with Crippen LogP contribution in [0.3, 0.4) is 0 Å². The van der Waals surface area contributed by atoms with Crippen LogP contribution in [-0.4, -0.2) is 19.8 Å². The van der Waals surface area contributed by atoms with Gasteiger partial charge in [0.05, 0.1) is 9.85 Å². The molecule has 5 rings (SSSR count). The van der Waals surface area contributed by atoms with Crippen LogP contribution < -0.4 is 0 Å². The molecule has 0 atom stereocenters. The van der Waals surface area contributed by atoms with Crippen LogP contribution in [0.2, 0.25) is 0 Å². The number of para-hydroxylation sites is 2. The maximum atomic E-state index is 11.1.